The number of benzene rings is 2. The van der Waals surface area contributed by atoms with Gasteiger partial charge in [-0.15, -0.1) is 11.3 Å². The number of rotatable bonds is 2. The molecule has 1 aromatic heterocycles. The zero-order chi connectivity index (χ0) is 15.1. The van der Waals surface area contributed by atoms with Crippen LogP contribution in [0.4, 0.5) is 10.1 Å². The van der Waals surface area contributed by atoms with Gasteiger partial charge < -0.3 is 10.5 Å². The molecule has 108 valence electrons. The Morgan fingerprint density at radius 2 is 2.05 bits per heavy atom. The Morgan fingerprint density at radius 3 is 2.81 bits per heavy atom. The summed E-state index contributed by atoms with van der Waals surface area (Å²) in [6.45, 7) is 1.92. The van der Waals surface area contributed by atoms with E-state index in [1.807, 2.05) is 6.92 Å². The van der Waals surface area contributed by atoms with Gasteiger partial charge in [-0.1, -0.05) is 11.6 Å². The number of hydrogen-bond donors (Lipinski definition) is 1. The van der Waals surface area contributed by atoms with Gasteiger partial charge in [-0.2, -0.15) is 0 Å². The van der Waals surface area contributed by atoms with Crippen molar-refractivity contribution in [3.63, 3.8) is 0 Å². The first-order chi connectivity index (χ1) is 9.94. The van der Waals surface area contributed by atoms with Gasteiger partial charge in [0.15, 0.2) is 5.75 Å². The van der Waals surface area contributed by atoms with Gasteiger partial charge in [0.25, 0.3) is 0 Å². The number of halogens is 3. The number of thiazole rings is 1. The summed E-state index contributed by atoms with van der Waals surface area (Å²) in [4.78, 5) is 4.39. The van der Waals surface area contributed by atoms with E-state index >= 15 is 0 Å². The van der Waals surface area contributed by atoms with Gasteiger partial charge in [0.1, 0.15) is 11.6 Å². The second-order valence-corrected chi connectivity index (χ2v) is 6.89. The van der Waals surface area contributed by atoms with Crippen LogP contribution in [0.2, 0.25) is 5.02 Å². The van der Waals surface area contributed by atoms with Crippen LogP contribution in [0, 0.1) is 12.7 Å². The molecule has 0 spiro atoms. The maximum Gasteiger partial charge on any atom is 0.152 e. The minimum Gasteiger partial charge on any atom is -0.454 e. The molecule has 3 rings (SSSR count). The van der Waals surface area contributed by atoms with Crippen molar-refractivity contribution in [3.8, 4) is 11.5 Å². The normalized spacial score (nSPS) is 11.0. The predicted molar refractivity (Wildman–Crippen MR) is 88.0 cm³/mol. The molecular weight excluding hydrogens is 379 g/mol. The van der Waals surface area contributed by atoms with E-state index < -0.39 is 5.82 Å². The first-order valence-electron chi connectivity index (χ1n) is 5.93. The van der Waals surface area contributed by atoms with Crippen molar-refractivity contribution in [3.05, 3.63) is 44.6 Å². The average Bonchev–Trinajstić information content (AvgIpc) is 2.75. The number of aryl methyl sites for hydroxylation is 1. The van der Waals surface area contributed by atoms with Crippen LogP contribution in [0.1, 0.15) is 5.01 Å². The predicted octanol–water partition coefficient (Wildman–Crippen LogP) is 5.53. The second-order valence-electron chi connectivity index (χ2n) is 4.39. The summed E-state index contributed by atoms with van der Waals surface area (Å²) in [5.74, 6) is 0.171. The highest BCUT2D eigenvalue weighted by molar-refractivity contribution is 9.10. The summed E-state index contributed by atoms with van der Waals surface area (Å²) < 4.78 is 20.8. The molecule has 0 radical (unpaired) electrons. The highest BCUT2D eigenvalue weighted by Gasteiger charge is 2.12. The third-order valence-corrected chi connectivity index (χ3v) is 4.66. The molecule has 0 aliphatic heterocycles. The van der Waals surface area contributed by atoms with Crippen molar-refractivity contribution in [2.45, 2.75) is 6.92 Å². The standard InChI is InChI=1S/C14H9BrClFN2OS/c1-6-19-11-5-13(10(18)4-14(11)21-6)20-12-3-9(17)8(16)2-7(12)15/h2-5H,18H2,1H3. The van der Waals surface area contributed by atoms with E-state index in [4.69, 9.17) is 22.1 Å². The fourth-order valence-electron chi connectivity index (χ4n) is 1.88. The van der Waals surface area contributed by atoms with Crippen LogP contribution in [0.5, 0.6) is 11.5 Å². The van der Waals surface area contributed by atoms with E-state index in [0.717, 1.165) is 15.2 Å². The first-order valence-corrected chi connectivity index (χ1v) is 7.92. The quantitative estimate of drug-likeness (QED) is 0.464. The number of fused-ring (bicyclic) bond motifs is 1. The molecule has 0 aliphatic rings. The Balaban J connectivity index is 2.05. The summed E-state index contributed by atoms with van der Waals surface area (Å²) in [7, 11) is 0. The van der Waals surface area contributed by atoms with Gasteiger partial charge in [-0.3, -0.25) is 0 Å². The number of nitrogen functional groups attached to an aromatic ring is 1. The molecule has 0 saturated carbocycles. The molecule has 21 heavy (non-hydrogen) atoms. The van der Waals surface area contributed by atoms with E-state index in [2.05, 4.69) is 20.9 Å². The van der Waals surface area contributed by atoms with E-state index in [-0.39, 0.29) is 5.02 Å². The molecule has 3 nitrogen and oxygen atoms in total. The fraction of sp³-hybridized carbons (Fsp3) is 0.0714. The Labute approximate surface area is 137 Å². The number of anilines is 1. The van der Waals surface area contributed by atoms with Crippen molar-refractivity contribution >= 4 is 54.8 Å². The summed E-state index contributed by atoms with van der Waals surface area (Å²) in [5, 5.41) is 0.966. The largest absolute Gasteiger partial charge is 0.454 e. The van der Waals surface area contributed by atoms with Crippen molar-refractivity contribution < 1.29 is 9.13 Å². The molecule has 2 aromatic carbocycles. The molecule has 0 saturated heterocycles. The monoisotopic (exact) mass is 386 g/mol. The lowest BCUT2D eigenvalue weighted by Gasteiger charge is -2.10. The van der Waals surface area contributed by atoms with Crippen LogP contribution in [0.3, 0.4) is 0 Å². The molecule has 0 fully saturated rings. The Morgan fingerprint density at radius 1 is 1.29 bits per heavy atom. The summed E-state index contributed by atoms with van der Waals surface area (Å²) in [6, 6.07) is 6.19. The van der Waals surface area contributed by atoms with E-state index in [1.165, 1.54) is 12.1 Å². The number of nitrogens with two attached hydrogens (primary N) is 1. The third-order valence-electron chi connectivity index (χ3n) is 2.82. The van der Waals surface area contributed by atoms with Gasteiger partial charge in [0.2, 0.25) is 0 Å². The summed E-state index contributed by atoms with van der Waals surface area (Å²) >= 11 is 10.5. The smallest absolute Gasteiger partial charge is 0.152 e. The Kier molecular flexibility index (Phi) is 3.77. The number of aromatic nitrogens is 1. The lowest BCUT2D eigenvalue weighted by atomic mass is 10.2. The molecule has 2 N–H and O–H groups in total. The molecule has 0 amide bonds. The zero-order valence-corrected chi connectivity index (χ0v) is 13.9. The van der Waals surface area contributed by atoms with Crippen molar-refractivity contribution in [1.29, 1.82) is 0 Å². The van der Waals surface area contributed by atoms with Crippen LogP contribution < -0.4 is 10.5 Å². The molecule has 0 atom stereocenters. The lowest BCUT2D eigenvalue weighted by Crippen LogP contribution is -1.93. The topological polar surface area (TPSA) is 48.1 Å². The second kappa shape index (κ2) is 5.44. The van der Waals surface area contributed by atoms with Gasteiger partial charge in [0, 0.05) is 12.1 Å². The van der Waals surface area contributed by atoms with Crippen LogP contribution in [-0.2, 0) is 0 Å². The van der Waals surface area contributed by atoms with E-state index in [1.54, 1.807) is 23.5 Å². The van der Waals surface area contributed by atoms with Crippen LogP contribution >= 0.6 is 38.9 Å². The van der Waals surface area contributed by atoms with Gasteiger partial charge in [0.05, 0.1) is 30.4 Å². The molecule has 7 heteroatoms. The minimum atomic E-state index is -0.556. The maximum atomic E-state index is 13.5. The maximum absolute atomic E-state index is 13.5. The van der Waals surface area contributed by atoms with Gasteiger partial charge in [-0.25, -0.2) is 9.37 Å². The minimum absolute atomic E-state index is 0.0211. The van der Waals surface area contributed by atoms with Crippen LogP contribution in [0.15, 0.2) is 28.7 Å². The highest BCUT2D eigenvalue weighted by Crippen LogP contribution is 2.38. The summed E-state index contributed by atoms with van der Waals surface area (Å²) in [6.07, 6.45) is 0. The summed E-state index contributed by atoms with van der Waals surface area (Å²) in [5.41, 5.74) is 7.25. The van der Waals surface area contributed by atoms with Crippen molar-refractivity contribution in [1.82, 2.24) is 4.98 Å². The molecular formula is C14H9BrClFN2OS. The fourth-order valence-corrected chi connectivity index (χ4v) is 3.45. The van der Waals surface area contributed by atoms with E-state index in [9.17, 15) is 4.39 Å². The zero-order valence-electron chi connectivity index (χ0n) is 10.8. The number of hydrogen-bond acceptors (Lipinski definition) is 4. The van der Waals surface area contributed by atoms with Crippen LogP contribution in [0.25, 0.3) is 10.2 Å². The molecule has 0 bridgehead atoms. The number of ether oxygens (including phenoxy) is 1. The third kappa shape index (κ3) is 2.84. The Bertz CT molecular complexity index is 853. The molecule has 3 aromatic rings. The SMILES string of the molecule is Cc1nc2cc(Oc3cc(F)c(Cl)cc3Br)c(N)cc2s1. The lowest BCUT2D eigenvalue weighted by molar-refractivity contribution is 0.476. The number of nitrogens with zero attached hydrogens (tertiary/aromatic N) is 1. The van der Waals surface area contributed by atoms with Crippen molar-refractivity contribution in [2.75, 3.05) is 5.73 Å². The average molecular weight is 388 g/mol. The molecule has 0 unspecified atom stereocenters. The molecule has 0 aliphatic carbocycles. The molecule has 1 heterocycles. The van der Waals surface area contributed by atoms with Gasteiger partial charge >= 0.3 is 0 Å². The van der Waals surface area contributed by atoms with Crippen molar-refractivity contribution in [2.24, 2.45) is 0 Å². The Hall–Kier alpha value is -1.37. The first kappa shape index (κ1) is 14.6. The highest BCUT2D eigenvalue weighted by atomic mass is 79.9. The van der Waals surface area contributed by atoms with Crippen LogP contribution in [-0.4, -0.2) is 4.98 Å². The van der Waals surface area contributed by atoms with Gasteiger partial charge in [-0.05, 0) is 35.0 Å². The van der Waals surface area contributed by atoms with E-state index in [0.29, 0.717) is 21.7 Å².